The molecular weight excluding hydrogens is 278 g/mol. The van der Waals surface area contributed by atoms with Gasteiger partial charge in [-0.2, -0.15) is 0 Å². The molecule has 2 aromatic rings. The summed E-state index contributed by atoms with van der Waals surface area (Å²) < 4.78 is 0.967. The van der Waals surface area contributed by atoms with Crippen LogP contribution in [0.1, 0.15) is 5.56 Å². The minimum atomic E-state index is 0.531. The van der Waals surface area contributed by atoms with E-state index >= 15 is 0 Å². The standard InChI is InChI=1S/C13H14BrN3/c1-17(13-6-7-16-9-11(13)14)12-5-3-2-4-10(12)8-15/h2-7,9H,8,15H2,1H3. The molecule has 2 N–H and O–H groups in total. The first kappa shape index (κ1) is 12.1. The fourth-order valence-corrected chi connectivity index (χ4v) is 2.30. The fourth-order valence-electron chi connectivity index (χ4n) is 1.78. The number of anilines is 2. The lowest BCUT2D eigenvalue weighted by Gasteiger charge is -2.23. The normalized spacial score (nSPS) is 10.3. The van der Waals surface area contributed by atoms with Crippen LogP contribution < -0.4 is 10.6 Å². The van der Waals surface area contributed by atoms with E-state index in [1.807, 2.05) is 31.3 Å². The van der Waals surface area contributed by atoms with Gasteiger partial charge in [-0.3, -0.25) is 4.98 Å². The van der Waals surface area contributed by atoms with Crippen molar-refractivity contribution in [3.63, 3.8) is 0 Å². The third-order valence-corrected chi connectivity index (χ3v) is 3.30. The summed E-state index contributed by atoms with van der Waals surface area (Å²) in [5.74, 6) is 0. The third kappa shape index (κ3) is 2.48. The molecule has 0 amide bonds. The first-order chi connectivity index (χ1) is 8.24. The van der Waals surface area contributed by atoms with Crippen LogP contribution in [0.4, 0.5) is 11.4 Å². The largest absolute Gasteiger partial charge is 0.343 e. The summed E-state index contributed by atoms with van der Waals surface area (Å²) in [6, 6.07) is 10.1. The molecule has 1 aromatic carbocycles. The third-order valence-electron chi connectivity index (χ3n) is 2.69. The molecule has 3 nitrogen and oxygen atoms in total. The molecule has 1 heterocycles. The van der Waals surface area contributed by atoms with Crippen molar-refractivity contribution in [3.8, 4) is 0 Å². The molecule has 2 rings (SSSR count). The number of nitrogens with two attached hydrogens (primary N) is 1. The summed E-state index contributed by atoms with van der Waals surface area (Å²) >= 11 is 3.51. The topological polar surface area (TPSA) is 42.2 Å². The van der Waals surface area contributed by atoms with E-state index in [-0.39, 0.29) is 0 Å². The van der Waals surface area contributed by atoms with Crippen LogP contribution in [0.3, 0.4) is 0 Å². The van der Waals surface area contributed by atoms with E-state index in [9.17, 15) is 0 Å². The molecule has 0 saturated heterocycles. The number of para-hydroxylation sites is 1. The van der Waals surface area contributed by atoms with Crippen LogP contribution in [0.2, 0.25) is 0 Å². The Kier molecular flexibility index (Phi) is 3.76. The fraction of sp³-hybridized carbons (Fsp3) is 0.154. The van der Waals surface area contributed by atoms with E-state index in [0.29, 0.717) is 6.54 Å². The van der Waals surface area contributed by atoms with Crippen LogP contribution in [0.15, 0.2) is 47.2 Å². The van der Waals surface area contributed by atoms with Crippen molar-refractivity contribution in [2.24, 2.45) is 5.73 Å². The lowest BCUT2D eigenvalue weighted by atomic mass is 10.1. The van der Waals surface area contributed by atoms with Crippen molar-refractivity contribution in [1.82, 2.24) is 4.98 Å². The summed E-state index contributed by atoms with van der Waals surface area (Å²) in [5.41, 5.74) is 9.06. The summed E-state index contributed by atoms with van der Waals surface area (Å²) in [5, 5.41) is 0. The van der Waals surface area contributed by atoms with Crippen molar-refractivity contribution in [3.05, 3.63) is 52.8 Å². The van der Waals surface area contributed by atoms with Gasteiger partial charge in [0.1, 0.15) is 0 Å². The highest BCUT2D eigenvalue weighted by Gasteiger charge is 2.10. The Labute approximate surface area is 109 Å². The Bertz CT molecular complexity index is 514. The summed E-state index contributed by atoms with van der Waals surface area (Å²) in [6.45, 7) is 0.531. The predicted octanol–water partition coefficient (Wildman–Crippen LogP) is 3.07. The molecule has 88 valence electrons. The van der Waals surface area contributed by atoms with Crippen LogP contribution in [0.25, 0.3) is 0 Å². The highest BCUT2D eigenvalue weighted by molar-refractivity contribution is 9.10. The Morgan fingerprint density at radius 1 is 1.24 bits per heavy atom. The van der Waals surface area contributed by atoms with Gasteiger partial charge >= 0.3 is 0 Å². The van der Waals surface area contributed by atoms with Gasteiger partial charge in [0.05, 0.1) is 10.2 Å². The average molecular weight is 292 g/mol. The smallest absolute Gasteiger partial charge is 0.0595 e. The molecule has 0 atom stereocenters. The van der Waals surface area contributed by atoms with E-state index in [0.717, 1.165) is 21.4 Å². The van der Waals surface area contributed by atoms with Crippen molar-refractivity contribution < 1.29 is 0 Å². The van der Waals surface area contributed by atoms with E-state index in [1.54, 1.807) is 12.4 Å². The summed E-state index contributed by atoms with van der Waals surface area (Å²) in [6.07, 6.45) is 3.57. The molecule has 0 spiro atoms. The second-order valence-electron chi connectivity index (χ2n) is 3.72. The first-order valence-corrected chi connectivity index (χ1v) is 6.14. The van der Waals surface area contributed by atoms with Gasteiger partial charge in [-0.1, -0.05) is 18.2 Å². The van der Waals surface area contributed by atoms with E-state index in [2.05, 4.69) is 31.9 Å². The molecule has 1 aromatic heterocycles. The van der Waals surface area contributed by atoms with Gasteiger partial charge in [0, 0.05) is 31.7 Å². The maximum Gasteiger partial charge on any atom is 0.0595 e. The zero-order valence-corrected chi connectivity index (χ0v) is 11.2. The molecule has 0 aliphatic carbocycles. The van der Waals surface area contributed by atoms with Gasteiger partial charge < -0.3 is 10.6 Å². The minimum Gasteiger partial charge on any atom is -0.343 e. The maximum absolute atomic E-state index is 5.75. The van der Waals surface area contributed by atoms with Gasteiger partial charge in [-0.25, -0.2) is 0 Å². The molecule has 0 aliphatic heterocycles. The molecule has 4 heteroatoms. The monoisotopic (exact) mass is 291 g/mol. The number of benzene rings is 1. The number of hydrogen-bond donors (Lipinski definition) is 1. The van der Waals surface area contributed by atoms with Crippen molar-refractivity contribution in [1.29, 1.82) is 0 Å². The van der Waals surface area contributed by atoms with Crippen molar-refractivity contribution in [2.75, 3.05) is 11.9 Å². The molecule has 0 radical (unpaired) electrons. The zero-order chi connectivity index (χ0) is 12.3. The van der Waals surface area contributed by atoms with Crippen molar-refractivity contribution in [2.45, 2.75) is 6.54 Å². The van der Waals surface area contributed by atoms with E-state index < -0.39 is 0 Å². The lowest BCUT2D eigenvalue weighted by Crippen LogP contribution is -2.13. The number of nitrogens with zero attached hydrogens (tertiary/aromatic N) is 2. The SMILES string of the molecule is CN(c1ccncc1Br)c1ccccc1CN. The van der Waals surface area contributed by atoms with Crippen LogP contribution in [0, 0.1) is 0 Å². The number of hydrogen-bond acceptors (Lipinski definition) is 3. The lowest BCUT2D eigenvalue weighted by molar-refractivity contribution is 1.04. The average Bonchev–Trinajstić information content (AvgIpc) is 2.38. The summed E-state index contributed by atoms with van der Waals surface area (Å²) in [7, 11) is 2.02. The molecular formula is C13H14BrN3. The second kappa shape index (κ2) is 5.29. The van der Waals surface area contributed by atoms with Gasteiger partial charge in [0.2, 0.25) is 0 Å². The highest BCUT2D eigenvalue weighted by atomic mass is 79.9. The second-order valence-corrected chi connectivity index (χ2v) is 4.57. The number of aromatic nitrogens is 1. The Balaban J connectivity index is 2.44. The quantitative estimate of drug-likeness (QED) is 0.945. The molecule has 17 heavy (non-hydrogen) atoms. The number of halogens is 1. The Morgan fingerprint density at radius 3 is 2.71 bits per heavy atom. The van der Waals surface area contributed by atoms with Gasteiger partial charge in [0.15, 0.2) is 0 Å². The molecule has 0 saturated carbocycles. The van der Waals surface area contributed by atoms with Crippen LogP contribution in [-0.2, 0) is 6.54 Å². The van der Waals surface area contributed by atoms with Crippen LogP contribution in [0.5, 0.6) is 0 Å². The maximum atomic E-state index is 5.75. The van der Waals surface area contributed by atoms with Crippen molar-refractivity contribution >= 4 is 27.3 Å². The molecule has 0 unspecified atom stereocenters. The van der Waals surface area contributed by atoms with Gasteiger partial charge in [-0.05, 0) is 33.6 Å². The number of rotatable bonds is 3. The zero-order valence-electron chi connectivity index (χ0n) is 9.60. The van der Waals surface area contributed by atoms with Crippen LogP contribution >= 0.6 is 15.9 Å². The molecule has 0 fully saturated rings. The first-order valence-electron chi connectivity index (χ1n) is 5.35. The Morgan fingerprint density at radius 2 is 2.00 bits per heavy atom. The minimum absolute atomic E-state index is 0.531. The summed E-state index contributed by atoms with van der Waals surface area (Å²) in [4.78, 5) is 6.17. The Hall–Kier alpha value is -1.39. The number of pyridine rings is 1. The van der Waals surface area contributed by atoms with Gasteiger partial charge in [0.25, 0.3) is 0 Å². The van der Waals surface area contributed by atoms with E-state index in [1.165, 1.54) is 0 Å². The molecule has 0 aliphatic rings. The van der Waals surface area contributed by atoms with E-state index in [4.69, 9.17) is 5.73 Å². The predicted molar refractivity (Wildman–Crippen MR) is 74.3 cm³/mol. The molecule has 0 bridgehead atoms. The van der Waals surface area contributed by atoms with Crippen LogP contribution in [-0.4, -0.2) is 12.0 Å². The highest BCUT2D eigenvalue weighted by Crippen LogP contribution is 2.31. The van der Waals surface area contributed by atoms with Gasteiger partial charge in [-0.15, -0.1) is 0 Å².